The summed E-state index contributed by atoms with van der Waals surface area (Å²) in [5.41, 5.74) is -1.33. The highest BCUT2D eigenvalue weighted by atomic mass is 32.2. The fourth-order valence-corrected chi connectivity index (χ4v) is 4.08. The van der Waals surface area contributed by atoms with E-state index in [1.165, 1.54) is 18.3 Å². The van der Waals surface area contributed by atoms with Gasteiger partial charge in [-0.05, 0) is 36.2 Å². The molecule has 0 unspecified atom stereocenters. The standard InChI is InChI=1S/C19H17F4N3O3S/c1-2-5-30(28,29)26-13-4-3-12(20)16(17(13)21)15(27)7-10-6-11-8-14(18(22)23)25-19(11)24-9-10/h3-4,6,8-9,18,26H,2,5,7H2,1H3,(H,24,25). The Hall–Kier alpha value is -2.95. The zero-order valence-electron chi connectivity index (χ0n) is 15.7. The first kappa shape index (κ1) is 21.8. The van der Waals surface area contributed by atoms with E-state index >= 15 is 0 Å². The summed E-state index contributed by atoms with van der Waals surface area (Å²) >= 11 is 0. The Morgan fingerprint density at radius 1 is 1.23 bits per heavy atom. The van der Waals surface area contributed by atoms with Crippen molar-refractivity contribution in [3.05, 3.63) is 58.9 Å². The number of alkyl halides is 2. The highest BCUT2D eigenvalue weighted by Crippen LogP contribution is 2.26. The van der Waals surface area contributed by atoms with E-state index in [-0.39, 0.29) is 29.1 Å². The fraction of sp³-hybridized carbons (Fsp3) is 0.263. The van der Waals surface area contributed by atoms with Crippen LogP contribution in [0.25, 0.3) is 11.0 Å². The largest absolute Gasteiger partial charge is 0.338 e. The number of hydrogen-bond acceptors (Lipinski definition) is 4. The van der Waals surface area contributed by atoms with Crippen LogP contribution in [0.1, 0.15) is 41.4 Å². The van der Waals surface area contributed by atoms with Crippen molar-refractivity contribution in [2.24, 2.45) is 0 Å². The summed E-state index contributed by atoms with van der Waals surface area (Å²) in [6.07, 6.45) is -1.68. The molecular weight excluding hydrogens is 426 g/mol. The number of nitrogens with zero attached hydrogens (tertiary/aromatic N) is 1. The maximum Gasteiger partial charge on any atom is 0.278 e. The van der Waals surface area contributed by atoms with Crippen LogP contribution < -0.4 is 4.72 Å². The molecule has 0 aliphatic carbocycles. The van der Waals surface area contributed by atoms with Crippen molar-refractivity contribution in [3.63, 3.8) is 0 Å². The van der Waals surface area contributed by atoms with Crippen molar-refractivity contribution >= 4 is 32.5 Å². The summed E-state index contributed by atoms with van der Waals surface area (Å²) in [5, 5.41) is 0.317. The van der Waals surface area contributed by atoms with E-state index in [9.17, 15) is 30.8 Å². The van der Waals surface area contributed by atoms with Gasteiger partial charge in [-0.1, -0.05) is 6.92 Å². The minimum atomic E-state index is -3.85. The predicted octanol–water partition coefficient (Wildman–Crippen LogP) is 4.36. The number of hydrogen-bond donors (Lipinski definition) is 2. The molecule has 0 spiro atoms. The third-order valence-electron chi connectivity index (χ3n) is 4.26. The van der Waals surface area contributed by atoms with Crippen molar-refractivity contribution in [2.75, 3.05) is 10.5 Å². The molecule has 0 bridgehead atoms. The number of ketones is 1. The number of benzene rings is 1. The number of sulfonamides is 1. The minimum absolute atomic E-state index is 0.186. The van der Waals surface area contributed by atoms with Gasteiger partial charge >= 0.3 is 0 Å². The topological polar surface area (TPSA) is 91.9 Å². The summed E-state index contributed by atoms with van der Waals surface area (Å²) in [5.74, 6) is -3.69. The zero-order chi connectivity index (χ0) is 22.1. The molecule has 30 heavy (non-hydrogen) atoms. The number of carbonyl (C=O) groups is 1. The van der Waals surface area contributed by atoms with Crippen LogP contribution in [0.3, 0.4) is 0 Å². The number of aromatic nitrogens is 2. The van der Waals surface area contributed by atoms with Crippen molar-refractivity contribution < 1.29 is 30.8 Å². The Morgan fingerprint density at radius 3 is 2.63 bits per heavy atom. The van der Waals surface area contributed by atoms with Crippen molar-refractivity contribution in [1.82, 2.24) is 9.97 Å². The number of pyridine rings is 1. The van der Waals surface area contributed by atoms with Gasteiger partial charge in [0, 0.05) is 18.0 Å². The quantitative estimate of drug-likeness (QED) is 0.400. The van der Waals surface area contributed by atoms with Gasteiger partial charge in [0.25, 0.3) is 6.43 Å². The Labute approximate surface area is 169 Å². The number of Topliss-reactive ketones (excluding diaryl/α,β-unsaturated/α-hetero) is 1. The Kier molecular flexibility index (Phi) is 6.11. The molecule has 0 aliphatic rings. The van der Waals surface area contributed by atoms with Gasteiger partial charge in [0.15, 0.2) is 11.6 Å². The number of aromatic amines is 1. The summed E-state index contributed by atoms with van der Waals surface area (Å²) in [6.45, 7) is 1.62. The molecule has 3 rings (SSSR count). The molecular formula is C19H17F4N3O3S. The van der Waals surface area contributed by atoms with E-state index in [1.807, 2.05) is 4.72 Å². The van der Waals surface area contributed by atoms with E-state index in [2.05, 4.69) is 9.97 Å². The third kappa shape index (κ3) is 4.61. The van der Waals surface area contributed by atoms with E-state index in [4.69, 9.17) is 0 Å². The normalized spacial score (nSPS) is 11.9. The van der Waals surface area contributed by atoms with Crippen LogP contribution in [-0.4, -0.2) is 29.9 Å². The number of nitrogens with one attached hydrogen (secondary N) is 2. The molecule has 0 amide bonds. The van der Waals surface area contributed by atoms with E-state index in [0.29, 0.717) is 5.39 Å². The number of rotatable bonds is 8. The van der Waals surface area contributed by atoms with Crippen LogP contribution in [0.5, 0.6) is 0 Å². The first-order chi connectivity index (χ1) is 14.1. The second-order valence-corrected chi connectivity index (χ2v) is 8.45. The maximum atomic E-state index is 14.7. The molecule has 160 valence electrons. The van der Waals surface area contributed by atoms with Crippen LogP contribution in [-0.2, 0) is 16.4 Å². The SMILES string of the molecule is CCCS(=O)(=O)Nc1ccc(F)c(C(=O)Cc2cnc3[nH]c(C(F)F)cc3c2)c1F. The van der Waals surface area contributed by atoms with Crippen molar-refractivity contribution in [1.29, 1.82) is 0 Å². The lowest BCUT2D eigenvalue weighted by Crippen LogP contribution is -2.19. The van der Waals surface area contributed by atoms with Crippen LogP contribution in [0.2, 0.25) is 0 Å². The molecule has 0 fully saturated rings. The van der Waals surface area contributed by atoms with Gasteiger partial charge in [-0.2, -0.15) is 0 Å². The molecule has 0 saturated heterocycles. The first-order valence-electron chi connectivity index (χ1n) is 8.88. The fourth-order valence-electron chi connectivity index (χ4n) is 2.94. The van der Waals surface area contributed by atoms with Gasteiger partial charge in [-0.25, -0.2) is 31.0 Å². The smallest absolute Gasteiger partial charge is 0.278 e. The average molecular weight is 443 g/mol. The highest BCUT2D eigenvalue weighted by molar-refractivity contribution is 7.92. The number of fused-ring (bicyclic) bond motifs is 1. The van der Waals surface area contributed by atoms with Crippen LogP contribution in [0, 0.1) is 11.6 Å². The van der Waals surface area contributed by atoms with E-state index in [0.717, 1.165) is 12.1 Å². The molecule has 0 saturated carbocycles. The number of H-pyrrole nitrogens is 1. The lowest BCUT2D eigenvalue weighted by molar-refractivity contribution is 0.0985. The van der Waals surface area contributed by atoms with Crippen LogP contribution in [0.4, 0.5) is 23.2 Å². The molecule has 2 aromatic heterocycles. The molecule has 0 atom stereocenters. The summed E-state index contributed by atoms with van der Waals surface area (Å²) in [6, 6.07) is 4.27. The maximum absolute atomic E-state index is 14.7. The second-order valence-electron chi connectivity index (χ2n) is 6.61. The van der Waals surface area contributed by atoms with Crippen molar-refractivity contribution in [3.8, 4) is 0 Å². The lowest BCUT2D eigenvalue weighted by atomic mass is 10.0. The molecule has 2 N–H and O–H groups in total. The predicted molar refractivity (Wildman–Crippen MR) is 103 cm³/mol. The molecule has 2 heterocycles. The second kappa shape index (κ2) is 8.42. The third-order valence-corrected chi connectivity index (χ3v) is 5.73. The first-order valence-corrected chi connectivity index (χ1v) is 10.5. The molecule has 6 nitrogen and oxygen atoms in total. The Bertz CT molecular complexity index is 1210. The zero-order valence-corrected chi connectivity index (χ0v) is 16.5. The Balaban J connectivity index is 1.89. The number of carbonyl (C=O) groups excluding carboxylic acids is 1. The monoisotopic (exact) mass is 443 g/mol. The van der Waals surface area contributed by atoms with Gasteiger partial charge in [-0.15, -0.1) is 0 Å². The molecule has 11 heteroatoms. The Morgan fingerprint density at radius 2 is 1.97 bits per heavy atom. The van der Waals surface area contributed by atoms with Gasteiger partial charge in [0.1, 0.15) is 11.5 Å². The van der Waals surface area contributed by atoms with Crippen LogP contribution in [0.15, 0.2) is 30.5 Å². The van der Waals surface area contributed by atoms with E-state index in [1.54, 1.807) is 6.92 Å². The number of anilines is 1. The molecule has 0 radical (unpaired) electrons. The minimum Gasteiger partial charge on any atom is -0.338 e. The summed E-state index contributed by atoms with van der Waals surface area (Å²) in [7, 11) is -3.85. The van der Waals surface area contributed by atoms with Crippen LogP contribution >= 0.6 is 0 Å². The number of halogens is 4. The highest BCUT2D eigenvalue weighted by Gasteiger charge is 2.23. The van der Waals surface area contributed by atoms with Gasteiger partial charge < -0.3 is 4.98 Å². The van der Waals surface area contributed by atoms with Crippen molar-refractivity contribution in [2.45, 2.75) is 26.2 Å². The summed E-state index contributed by atoms with van der Waals surface area (Å²) < 4.78 is 80.2. The van der Waals surface area contributed by atoms with Gasteiger partial charge in [0.05, 0.1) is 22.7 Å². The molecule has 1 aromatic carbocycles. The molecule has 3 aromatic rings. The lowest BCUT2D eigenvalue weighted by Gasteiger charge is -2.11. The van der Waals surface area contributed by atoms with Gasteiger partial charge in [-0.3, -0.25) is 9.52 Å². The van der Waals surface area contributed by atoms with Gasteiger partial charge in [0.2, 0.25) is 10.0 Å². The van der Waals surface area contributed by atoms with E-state index < -0.39 is 51.5 Å². The molecule has 0 aliphatic heterocycles. The average Bonchev–Trinajstić information content (AvgIpc) is 3.08. The summed E-state index contributed by atoms with van der Waals surface area (Å²) in [4.78, 5) is 18.9.